The monoisotopic (exact) mass is 486 g/mol. The minimum atomic E-state index is -3.53. The van der Waals surface area contributed by atoms with Crippen LogP contribution in [0.2, 0.25) is 5.02 Å². The average molecular weight is 487 g/mol. The summed E-state index contributed by atoms with van der Waals surface area (Å²) in [6.07, 6.45) is 1.32. The van der Waals surface area contributed by atoms with Gasteiger partial charge in [-0.3, -0.25) is 4.79 Å². The second-order valence-electron chi connectivity index (χ2n) is 8.23. The van der Waals surface area contributed by atoms with Gasteiger partial charge in [-0.2, -0.15) is 0 Å². The van der Waals surface area contributed by atoms with Crippen molar-refractivity contribution in [1.82, 2.24) is 9.62 Å². The molecule has 1 N–H and O–H groups in total. The molecule has 0 radical (unpaired) electrons. The zero-order chi connectivity index (χ0) is 23.3. The summed E-state index contributed by atoms with van der Waals surface area (Å²) in [6.45, 7) is 1.32. The molecule has 3 aromatic carbocycles. The number of rotatable bonds is 8. The smallest absolute Gasteiger partial charge is 0.224 e. The topological polar surface area (TPSA) is 75.7 Å². The quantitative estimate of drug-likeness (QED) is 0.483. The number of ether oxygens (including phenoxy) is 1. The Kier molecular flexibility index (Phi) is 7.53. The fourth-order valence-electron chi connectivity index (χ4n) is 4.08. The van der Waals surface area contributed by atoms with Gasteiger partial charge in [-0.1, -0.05) is 54.1 Å². The number of benzene rings is 3. The number of hydrogen-bond donors (Lipinski definition) is 1. The van der Waals surface area contributed by atoms with Crippen LogP contribution in [0, 0.1) is 5.92 Å². The molecule has 1 atom stereocenters. The molecule has 1 saturated heterocycles. The van der Waals surface area contributed by atoms with Gasteiger partial charge in [-0.05, 0) is 53.4 Å². The lowest BCUT2D eigenvalue weighted by molar-refractivity contribution is -0.126. The number of carbonyl (C=O) groups excluding carboxylic acids is 1. The van der Waals surface area contributed by atoms with E-state index in [1.54, 1.807) is 24.3 Å². The van der Waals surface area contributed by atoms with Gasteiger partial charge in [-0.25, -0.2) is 12.7 Å². The number of piperidine rings is 1. The number of fused-ring (bicyclic) bond motifs is 1. The zero-order valence-electron chi connectivity index (χ0n) is 18.2. The average Bonchev–Trinajstić information content (AvgIpc) is 2.81. The Morgan fingerprint density at radius 2 is 1.88 bits per heavy atom. The second-order valence-corrected chi connectivity index (χ2v) is 10.6. The molecule has 33 heavy (non-hydrogen) atoms. The molecule has 3 aromatic rings. The highest BCUT2D eigenvalue weighted by Gasteiger charge is 2.32. The van der Waals surface area contributed by atoms with Crippen molar-refractivity contribution in [2.75, 3.05) is 26.2 Å². The Hall–Kier alpha value is -2.61. The van der Waals surface area contributed by atoms with Crippen LogP contribution in [-0.2, 0) is 20.6 Å². The summed E-state index contributed by atoms with van der Waals surface area (Å²) in [5.74, 6) is 0.119. The van der Waals surface area contributed by atoms with E-state index in [1.807, 2.05) is 42.5 Å². The summed E-state index contributed by atoms with van der Waals surface area (Å²) < 4.78 is 32.9. The van der Waals surface area contributed by atoms with Crippen LogP contribution in [0.5, 0.6) is 5.75 Å². The van der Waals surface area contributed by atoms with Crippen LogP contribution in [0.15, 0.2) is 66.7 Å². The minimum absolute atomic E-state index is 0.124. The number of sulfonamides is 1. The lowest BCUT2D eigenvalue weighted by atomic mass is 9.99. The van der Waals surface area contributed by atoms with E-state index in [2.05, 4.69) is 5.32 Å². The Morgan fingerprint density at radius 3 is 2.70 bits per heavy atom. The highest BCUT2D eigenvalue weighted by Crippen LogP contribution is 2.23. The van der Waals surface area contributed by atoms with Gasteiger partial charge in [0.1, 0.15) is 12.4 Å². The summed E-state index contributed by atoms with van der Waals surface area (Å²) in [5.41, 5.74) is 0.639. The van der Waals surface area contributed by atoms with Crippen molar-refractivity contribution < 1.29 is 17.9 Å². The fourth-order valence-corrected chi connectivity index (χ4v) is 5.89. The van der Waals surface area contributed by atoms with Crippen molar-refractivity contribution in [3.05, 3.63) is 77.3 Å². The summed E-state index contributed by atoms with van der Waals surface area (Å²) in [6, 6.07) is 20.8. The summed E-state index contributed by atoms with van der Waals surface area (Å²) in [7, 11) is -3.53. The van der Waals surface area contributed by atoms with Crippen molar-refractivity contribution in [2.24, 2.45) is 5.92 Å². The molecule has 1 aliphatic rings. The maximum atomic E-state index is 12.9. The molecule has 0 aliphatic carbocycles. The lowest BCUT2D eigenvalue weighted by Crippen LogP contribution is -2.46. The summed E-state index contributed by atoms with van der Waals surface area (Å²) in [4.78, 5) is 12.7. The molecular weight excluding hydrogens is 460 g/mol. The van der Waals surface area contributed by atoms with E-state index < -0.39 is 10.0 Å². The number of amides is 1. The van der Waals surface area contributed by atoms with E-state index in [0.717, 1.165) is 16.5 Å². The third-order valence-electron chi connectivity index (χ3n) is 5.78. The summed E-state index contributed by atoms with van der Waals surface area (Å²) >= 11 is 5.98. The molecule has 174 valence electrons. The Balaban J connectivity index is 1.26. The van der Waals surface area contributed by atoms with Crippen LogP contribution in [0.1, 0.15) is 18.4 Å². The first-order valence-electron chi connectivity index (χ1n) is 11.0. The molecule has 0 aromatic heterocycles. The SMILES string of the molecule is O=C(NCCOc1ccc2ccccc2c1)[C@H]1CCCN(S(=O)(=O)Cc2cccc(Cl)c2)C1. The highest BCUT2D eigenvalue weighted by molar-refractivity contribution is 7.88. The third-order valence-corrected chi connectivity index (χ3v) is 7.83. The number of halogens is 1. The molecule has 1 amide bonds. The van der Waals surface area contributed by atoms with E-state index in [0.29, 0.717) is 43.1 Å². The third kappa shape index (κ3) is 6.25. The second kappa shape index (κ2) is 10.5. The zero-order valence-corrected chi connectivity index (χ0v) is 19.8. The normalized spacial score (nSPS) is 17.1. The predicted molar refractivity (Wildman–Crippen MR) is 131 cm³/mol. The van der Waals surface area contributed by atoms with Crippen LogP contribution in [0.25, 0.3) is 10.8 Å². The Bertz CT molecular complexity index is 1230. The van der Waals surface area contributed by atoms with Crippen LogP contribution in [0.3, 0.4) is 0 Å². The summed E-state index contributed by atoms with van der Waals surface area (Å²) in [5, 5.41) is 5.63. The molecular formula is C25H27ClN2O4S. The van der Waals surface area contributed by atoms with Crippen molar-refractivity contribution >= 4 is 38.3 Å². The maximum absolute atomic E-state index is 12.9. The van der Waals surface area contributed by atoms with Gasteiger partial charge < -0.3 is 10.1 Å². The molecule has 6 nitrogen and oxygen atoms in total. The Labute approximate surface area is 199 Å². The van der Waals surface area contributed by atoms with Crippen LogP contribution in [0.4, 0.5) is 0 Å². The van der Waals surface area contributed by atoms with E-state index in [-0.39, 0.29) is 24.1 Å². The van der Waals surface area contributed by atoms with Crippen LogP contribution >= 0.6 is 11.6 Å². The van der Waals surface area contributed by atoms with E-state index >= 15 is 0 Å². The lowest BCUT2D eigenvalue weighted by Gasteiger charge is -2.31. The maximum Gasteiger partial charge on any atom is 0.224 e. The van der Waals surface area contributed by atoms with Crippen molar-refractivity contribution in [2.45, 2.75) is 18.6 Å². The number of nitrogens with zero attached hydrogens (tertiary/aromatic N) is 1. The first-order valence-corrected chi connectivity index (χ1v) is 13.0. The van der Waals surface area contributed by atoms with Crippen LogP contribution in [-0.4, -0.2) is 44.9 Å². The van der Waals surface area contributed by atoms with Crippen LogP contribution < -0.4 is 10.1 Å². The molecule has 0 saturated carbocycles. The first kappa shape index (κ1) is 23.5. The molecule has 1 aliphatic heterocycles. The molecule has 1 fully saturated rings. The highest BCUT2D eigenvalue weighted by atomic mass is 35.5. The van der Waals surface area contributed by atoms with Crippen molar-refractivity contribution in [1.29, 1.82) is 0 Å². The van der Waals surface area contributed by atoms with Gasteiger partial charge in [0.2, 0.25) is 15.9 Å². The largest absolute Gasteiger partial charge is 0.492 e. The molecule has 4 rings (SSSR count). The molecule has 8 heteroatoms. The number of nitrogens with one attached hydrogen (secondary N) is 1. The first-order chi connectivity index (χ1) is 15.9. The Morgan fingerprint density at radius 1 is 1.06 bits per heavy atom. The fraction of sp³-hybridized carbons (Fsp3) is 0.320. The van der Waals surface area contributed by atoms with Gasteiger partial charge in [-0.15, -0.1) is 0 Å². The van der Waals surface area contributed by atoms with Gasteiger partial charge in [0.15, 0.2) is 0 Å². The van der Waals surface area contributed by atoms with Gasteiger partial charge in [0, 0.05) is 18.1 Å². The van der Waals surface area contributed by atoms with E-state index in [4.69, 9.17) is 16.3 Å². The van der Waals surface area contributed by atoms with Gasteiger partial charge >= 0.3 is 0 Å². The van der Waals surface area contributed by atoms with Crippen molar-refractivity contribution in [3.63, 3.8) is 0 Å². The molecule has 0 unspecified atom stereocenters. The van der Waals surface area contributed by atoms with Gasteiger partial charge in [0.25, 0.3) is 0 Å². The molecule has 1 heterocycles. The number of hydrogen-bond acceptors (Lipinski definition) is 4. The van der Waals surface area contributed by atoms with Gasteiger partial charge in [0.05, 0.1) is 18.2 Å². The standard InChI is InChI=1S/C25H27ClN2O4S/c26-23-9-3-5-19(15-23)18-33(30,31)28-13-4-8-22(17-28)25(29)27-12-14-32-24-11-10-20-6-1-2-7-21(20)16-24/h1-3,5-7,9-11,15-16,22H,4,8,12-14,17-18H2,(H,27,29)/t22-/m0/s1. The van der Waals surface area contributed by atoms with Crippen molar-refractivity contribution in [3.8, 4) is 5.75 Å². The van der Waals surface area contributed by atoms with E-state index in [1.165, 1.54) is 4.31 Å². The predicted octanol–water partition coefficient (Wildman–Crippen LogP) is 4.23. The minimum Gasteiger partial charge on any atom is -0.492 e. The van der Waals surface area contributed by atoms with E-state index in [9.17, 15) is 13.2 Å². The molecule has 0 bridgehead atoms. The number of carbonyl (C=O) groups is 1. The molecule has 0 spiro atoms.